The molecule has 2 nitrogen and oxygen atoms in total. The summed E-state index contributed by atoms with van der Waals surface area (Å²) in [5, 5.41) is 0.595. The Morgan fingerprint density at radius 1 is 1.23 bits per heavy atom. The van der Waals surface area contributed by atoms with Crippen LogP contribution in [0.3, 0.4) is 0 Å². The molecule has 2 aromatic heterocycles. The van der Waals surface area contributed by atoms with Gasteiger partial charge in [0.05, 0.1) is 11.3 Å². The quantitative estimate of drug-likeness (QED) is 0.569. The summed E-state index contributed by atoms with van der Waals surface area (Å²) in [6.07, 6.45) is 4.31. The van der Waals surface area contributed by atoms with Gasteiger partial charge in [0, 0.05) is 15.1 Å². The third kappa shape index (κ3) is 3.51. The van der Waals surface area contributed by atoms with Gasteiger partial charge in [-0.25, -0.2) is 9.18 Å². The Hall–Kier alpha value is -0.940. The number of fused-ring (bicyclic) bond motifs is 1. The van der Waals surface area contributed by atoms with Gasteiger partial charge in [0.1, 0.15) is 4.88 Å². The molecule has 0 fully saturated rings. The van der Waals surface area contributed by atoms with Crippen LogP contribution >= 0.6 is 22.7 Å². The summed E-state index contributed by atoms with van der Waals surface area (Å²) in [4.78, 5) is 14.3. The van der Waals surface area contributed by atoms with E-state index < -0.39 is 11.8 Å². The van der Waals surface area contributed by atoms with Gasteiger partial charge < -0.3 is 4.74 Å². The molecular weight excluding hydrogens is 319 g/mol. The molecule has 0 aliphatic heterocycles. The summed E-state index contributed by atoms with van der Waals surface area (Å²) in [5.41, 5.74) is 0. The van der Waals surface area contributed by atoms with Crippen LogP contribution in [0.15, 0.2) is 0 Å². The zero-order valence-electron chi connectivity index (χ0n) is 13.6. The standard InChI is InChI=1S/C17H23FO2S2/c1-5-7-8-12(6-2)9-20-17(19)16-14(18)13-10(3)21-11(4)15(13)22-16/h12H,5-9H2,1-4H3. The molecule has 0 amide bonds. The van der Waals surface area contributed by atoms with E-state index in [4.69, 9.17) is 4.74 Å². The van der Waals surface area contributed by atoms with Crippen LogP contribution in [0.25, 0.3) is 10.1 Å². The molecule has 0 saturated carbocycles. The Labute approximate surface area is 139 Å². The van der Waals surface area contributed by atoms with E-state index in [1.165, 1.54) is 11.3 Å². The number of hydrogen-bond acceptors (Lipinski definition) is 4. The minimum Gasteiger partial charge on any atom is -0.461 e. The molecule has 0 aromatic carbocycles. The Balaban J connectivity index is 2.10. The lowest BCUT2D eigenvalue weighted by molar-refractivity contribution is 0.0429. The minimum atomic E-state index is -0.516. The van der Waals surface area contributed by atoms with Crippen molar-refractivity contribution in [3.8, 4) is 0 Å². The van der Waals surface area contributed by atoms with E-state index in [1.54, 1.807) is 11.3 Å². The topological polar surface area (TPSA) is 26.3 Å². The van der Waals surface area contributed by atoms with Crippen LogP contribution in [0.5, 0.6) is 0 Å². The molecule has 0 radical (unpaired) electrons. The SMILES string of the molecule is CCCCC(CC)COC(=O)c1sc2c(C)sc(C)c2c1F. The van der Waals surface area contributed by atoms with Crippen molar-refractivity contribution in [1.29, 1.82) is 0 Å². The highest BCUT2D eigenvalue weighted by Crippen LogP contribution is 2.39. The van der Waals surface area contributed by atoms with Gasteiger partial charge in [-0.1, -0.05) is 33.1 Å². The van der Waals surface area contributed by atoms with E-state index in [1.807, 2.05) is 13.8 Å². The highest BCUT2D eigenvalue weighted by atomic mass is 32.1. The van der Waals surface area contributed by atoms with Gasteiger partial charge in [-0.15, -0.1) is 22.7 Å². The fourth-order valence-electron chi connectivity index (χ4n) is 2.59. The van der Waals surface area contributed by atoms with Gasteiger partial charge in [-0.05, 0) is 26.2 Å². The third-order valence-corrected chi connectivity index (χ3v) is 6.42. The molecule has 0 aliphatic rings. The summed E-state index contributed by atoms with van der Waals surface area (Å²) in [6.45, 7) is 8.49. The third-order valence-electron chi connectivity index (χ3n) is 4.01. The van der Waals surface area contributed by atoms with E-state index in [-0.39, 0.29) is 4.88 Å². The van der Waals surface area contributed by atoms with E-state index in [0.29, 0.717) is 17.9 Å². The number of hydrogen-bond donors (Lipinski definition) is 0. The Morgan fingerprint density at radius 2 is 1.95 bits per heavy atom. The van der Waals surface area contributed by atoms with Crippen molar-refractivity contribution < 1.29 is 13.9 Å². The Kier molecular flexibility index (Phi) is 5.98. The molecule has 0 spiro atoms. The second-order valence-corrected chi connectivity index (χ2v) is 8.13. The van der Waals surface area contributed by atoms with Crippen LogP contribution in [0.2, 0.25) is 0 Å². The number of ether oxygens (including phenoxy) is 1. The Bertz CT molecular complexity index is 657. The first-order valence-corrected chi connectivity index (χ1v) is 9.47. The normalized spacial score (nSPS) is 12.8. The van der Waals surface area contributed by atoms with E-state index in [9.17, 15) is 9.18 Å². The second-order valence-electron chi connectivity index (χ2n) is 5.68. The van der Waals surface area contributed by atoms with Crippen LogP contribution in [0.4, 0.5) is 4.39 Å². The number of carbonyl (C=O) groups excluding carboxylic acids is 1. The van der Waals surface area contributed by atoms with Crippen molar-refractivity contribution in [3.63, 3.8) is 0 Å². The number of unbranched alkanes of at least 4 members (excludes halogenated alkanes) is 1. The molecule has 0 N–H and O–H groups in total. The summed E-state index contributed by atoms with van der Waals surface area (Å²) in [7, 11) is 0. The molecular formula is C17H23FO2S2. The molecule has 2 aromatic rings. The van der Waals surface area contributed by atoms with Crippen LogP contribution in [0, 0.1) is 25.6 Å². The summed E-state index contributed by atoms with van der Waals surface area (Å²) >= 11 is 2.79. The van der Waals surface area contributed by atoms with Crippen LogP contribution in [-0.4, -0.2) is 12.6 Å². The Morgan fingerprint density at radius 3 is 2.55 bits per heavy atom. The molecule has 22 heavy (non-hydrogen) atoms. The largest absolute Gasteiger partial charge is 0.461 e. The molecule has 0 bridgehead atoms. The van der Waals surface area contributed by atoms with Crippen molar-refractivity contribution >= 4 is 38.7 Å². The zero-order chi connectivity index (χ0) is 16.3. The zero-order valence-corrected chi connectivity index (χ0v) is 15.3. The first-order valence-electron chi connectivity index (χ1n) is 7.84. The number of aryl methyl sites for hydroxylation is 2. The van der Waals surface area contributed by atoms with Crippen molar-refractivity contribution in [2.45, 2.75) is 53.4 Å². The van der Waals surface area contributed by atoms with E-state index in [0.717, 1.165) is 40.1 Å². The lowest BCUT2D eigenvalue weighted by atomic mass is 10.0. The van der Waals surface area contributed by atoms with Crippen molar-refractivity contribution in [1.82, 2.24) is 0 Å². The number of thiophene rings is 2. The summed E-state index contributed by atoms with van der Waals surface area (Å²) in [6, 6.07) is 0. The predicted molar refractivity (Wildman–Crippen MR) is 92.7 cm³/mol. The van der Waals surface area contributed by atoms with E-state index in [2.05, 4.69) is 13.8 Å². The minimum absolute atomic E-state index is 0.120. The first-order chi connectivity index (χ1) is 10.5. The molecule has 0 saturated heterocycles. The second kappa shape index (κ2) is 7.55. The number of esters is 1. The number of carbonyl (C=O) groups is 1. The monoisotopic (exact) mass is 342 g/mol. The maximum atomic E-state index is 14.5. The smallest absolute Gasteiger partial charge is 0.351 e. The van der Waals surface area contributed by atoms with Gasteiger partial charge in [-0.3, -0.25) is 0 Å². The summed E-state index contributed by atoms with van der Waals surface area (Å²) in [5.74, 6) is -0.554. The molecule has 0 aliphatic carbocycles. The average Bonchev–Trinajstić information content (AvgIpc) is 2.98. The lowest BCUT2D eigenvalue weighted by Gasteiger charge is -2.14. The average molecular weight is 343 g/mol. The summed E-state index contributed by atoms with van der Waals surface area (Å²) < 4.78 is 20.7. The molecule has 2 heterocycles. The van der Waals surface area contributed by atoms with Crippen LogP contribution in [-0.2, 0) is 4.74 Å². The van der Waals surface area contributed by atoms with Gasteiger partial charge >= 0.3 is 5.97 Å². The number of halogens is 1. The molecule has 1 unspecified atom stereocenters. The van der Waals surface area contributed by atoms with Crippen molar-refractivity contribution in [2.75, 3.05) is 6.61 Å². The van der Waals surface area contributed by atoms with Gasteiger partial charge in [0.25, 0.3) is 0 Å². The molecule has 122 valence electrons. The van der Waals surface area contributed by atoms with Crippen LogP contribution < -0.4 is 0 Å². The maximum Gasteiger partial charge on any atom is 0.351 e. The van der Waals surface area contributed by atoms with E-state index >= 15 is 0 Å². The van der Waals surface area contributed by atoms with Gasteiger partial charge in [-0.2, -0.15) is 0 Å². The molecule has 1 atom stereocenters. The molecule has 2 rings (SSSR count). The van der Waals surface area contributed by atoms with Gasteiger partial charge in [0.15, 0.2) is 5.82 Å². The fourth-order valence-corrected chi connectivity index (χ4v) is 4.88. The first kappa shape index (κ1) is 17.4. The highest BCUT2D eigenvalue weighted by Gasteiger charge is 2.24. The number of rotatable bonds is 7. The van der Waals surface area contributed by atoms with Crippen molar-refractivity contribution in [2.24, 2.45) is 5.92 Å². The maximum absolute atomic E-state index is 14.5. The van der Waals surface area contributed by atoms with Crippen molar-refractivity contribution in [3.05, 3.63) is 20.4 Å². The van der Waals surface area contributed by atoms with Gasteiger partial charge in [0.2, 0.25) is 0 Å². The fraction of sp³-hybridized carbons (Fsp3) is 0.588. The highest BCUT2D eigenvalue weighted by molar-refractivity contribution is 7.25. The predicted octanol–water partition coefficient (Wildman–Crippen LogP) is 6.09. The molecule has 5 heteroatoms. The lowest BCUT2D eigenvalue weighted by Crippen LogP contribution is -2.14. The van der Waals surface area contributed by atoms with Crippen LogP contribution in [0.1, 0.15) is 59.0 Å².